The van der Waals surface area contributed by atoms with E-state index in [9.17, 15) is 4.79 Å². The quantitative estimate of drug-likeness (QED) is 0.797. The van der Waals surface area contributed by atoms with Crippen molar-refractivity contribution in [2.45, 2.75) is 31.1 Å². The number of ether oxygens (including phenoxy) is 2. The average Bonchev–Trinajstić information content (AvgIpc) is 2.33. The Morgan fingerprint density at radius 1 is 1.41 bits per heavy atom. The molecule has 0 heterocycles. The zero-order chi connectivity index (χ0) is 12.3. The molecule has 0 atom stereocenters. The number of methoxy groups -OCH3 is 1. The molecule has 0 spiro atoms. The van der Waals surface area contributed by atoms with Crippen molar-refractivity contribution in [3.05, 3.63) is 35.9 Å². The lowest BCUT2D eigenvalue weighted by molar-refractivity contribution is -0.158. The molecule has 2 rings (SSSR count). The Balaban J connectivity index is 1.76. The maximum atomic E-state index is 11.3. The van der Waals surface area contributed by atoms with Crippen LogP contribution < -0.4 is 5.73 Å². The monoisotopic (exact) mass is 235 g/mol. The third-order valence-electron chi connectivity index (χ3n) is 3.10. The number of carbonyl (C=O) groups is 1. The lowest BCUT2D eigenvalue weighted by Crippen LogP contribution is -2.61. The predicted molar refractivity (Wildman–Crippen MR) is 63.2 cm³/mol. The third-order valence-corrected chi connectivity index (χ3v) is 3.10. The number of nitrogens with two attached hydrogens (primary N) is 1. The average molecular weight is 235 g/mol. The maximum Gasteiger partial charge on any atom is 0.326 e. The summed E-state index contributed by atoms with van der Waals surface area (Å²) in [6.07, 6.45) is 1.12. The Kier molecular flexibility index (Phi) is 3.45. The standard InChI is InChI=1S/C13H17NO3/c1-16-12(15)13(14)7-11(8-13)17-9-10-5-3-2-4-6-10/h2-6,11H,7-9,14H2,1H3. The first-order valence-corrected chi connectivity index (χ1v) is 5.67. The number of rotatable bonds is 4. The normalized spacial score (nSPS) is 27.3. The Hall–Kier alpha value is -1.39. The van der Waals surface area contributed by atoms with E-state index in [0.29, 0.717) is 19.4 Å². The highest BCUT2D eigenvalue weighted by atomic mass is 16.5. The number of hydrogen-bond donors (Lipinski definition) is 1. The fourth-order valence-corrected chi connectivity index (χ4v) is 2.03. The van der Waals surface area contributed by atoms with E-state index in [1.165, 1.54) is 7.11 Å². The van der Waals surface area contributed by atoms with Crippen molar-refractivity contribution in [2.75, 3.05) is 7.11 Å². The van der Waals surface area contributed by atoms with E-state index < -0.39 is 5.54 Å². The highest BCUT2D eigenvalue weighted by molar-refractivity contribution is 5.81. The van der Waals surface area contributed by atoms with E-state index in [1.54, 1.807) is 0 Å². The molecule has 0 aliphatic heterocycles. The van der Waals surface area contributed by atoms with Crippen molar-refractivity contribution in [2.24, 2.45) is 5.73 Å². The molecular formula is C13H17NO3. The first kappa shape index (κ1) is 12.1. The second kappa shape index (κ2) is 4.85. The van der Waals surface area contributed by atoms with Gasteiger partial charge in [0.2, 0.25) is 0 Å². The summed E-state index contributed by atoms with van der Waals surface area (Å²) in [5, 5.41) is 0. The van der Waals surface area contributed by atoms with E-state index in [1.807, 2.05) is 30.3 Å². The minimum Gasteiger partial charge on any atom is -0.468 e. The SMILES string of the molecule is COC(=O)C1(N)CC(OCc2ccccc2)C1. The van der Waals surface area contributed by atoms with Gasteiger partial charge < -0.3 is 15.2 Å². The van der Waals surface area contributed by atoms with Crippen LogP contribution in [0.2, 0.25) is 0 Å². The van der Waals surface area contributed by atoms with E-state index in [4.69, 9.17) is 10.5 Å². The van der Waals surface area contributed by atoms with Gasteiger partial charge in [0.25, 0.3) is 0 Å². The Morgan fingerprint density at radius 3 is 2.65 bits per heavy atom. The van der Waals surface area contributed by atoms with Gasteiger partial charge in [-0.15, -0.1) is 0 Å². The summed E-state index contributed by atoms with van der Waals surface area (Å²) >= 11 is 0. The molecule has 1 aliphatic carbocycles. The van der Waals surface area contributed by atoms with Crippen molar-refractivity contribution in [1.82, 2.24) is 0 Å². The Labute approximate surface area is 101 Å². The molecule has 17 heavy (non-hydrogen) atoms. The van der Waals surface area contributed by atoms with Crippen molar-refractivity contribution < 1.29 is 14.3 Å². The van der Waals surface area contributed by atoms with Crippen LogP contribution in [0.25, 0.3) is 0 Å². The van der Waals surface area contributed by atoms with Crippen LogP contribution in [0.1, 0.15) is 18.4 Å². The molecule has 0 bridgehead atoms. The molecule has 0 saturated heterocycles. The molecule has 1 aliphatic rings. The second-order valence-corrected chi connectivity index (χ2v) is 4.47. The summed E-state index contributed by atoms with van der Waals surface area (Å²) in [5.74, 6) is -0.350. The first-order valence-electron chi connectivity index (χ1n) is 5.67. The summed E-state index contributed by atoms with van der Waals surface area (Å²) in [6, 6.07) is 9.93. The van der Waals surface area contributed by atoms with Crippen LogP contribution in [0, 0.1) is 0 Å². The van der Waals surface area contributed by atoms with Crippen molar-refractivity contribution >= 4 is 5.97 Å². The summed E-state index contributed by atoms with van der Waals surface area (Å²) in [6.45, 7) is 0.558. The smallest absolute Gasteiger partial charge is 0.326 e. The van der Waals surface area contributed by atoms with Crippen LogP contribution >= 0.6 is 0 Å². The van der Waals surface area contributed by atoms with Crippen LogP contribution in [-0.2, 0) is 20.9 Å². The number of benzene rings is 1. The van der Waals surface area contributed by atoms with Gasteiger partial charge in [0.05, 0.1) is 19.8 Å². The van der Waals surface area contributed by atoms with E-state index in [-0.39, 0.29) is 12.1 Å². The Bertz CT molecular complexity index is 385. The van der Waals surface area contributed by atoms with Crippen LogP contribution in [0.3, 0.4) is 0 Å². The second-order valence-electron chi connectivity index (χ2n) is 4.47. The van der Waals surface area contributed by atoms with Crippen LogP contribution in [0.5, 0.6) is 0 Å². The van der Waals surface area contributed by atoms with Gasteiger partial charge in [0.15, 0.2) is 0 Å². The Morgan fingerprint density at radius 2 is 2.06 bits per heavy atom. The van der Waals surface area contributed by atoms with E-state index in [0.717, 1.165) is 5.56 Å². The topological polar surface area (TPSA) is 61.5 Å². The number of carbonyl (C=O) groups excluding carboxylic acids is 1. The zero-order valence-corrected chi connectivity index (χ0v) is 9.89. The highest BCUT2D eigenvalue weighted by Gasteiger charge is 2.48. The fourth-order valence-electron chi connectivity index (χ4n) is 2.03. The third kappa shape index (κ3) is 2.65. The molecule has 92 valence electrons. The predicted octanol–water partition coefficient (Wildman–Crippen LogP) is 1.24. The van der Waals surface area contributed by atoms with Crippen LogP contribution in [0.4, 0.5) is 0 Å². The summed E-state index contributed by atoms with van der Waals surface area (Å²) in [7, 11) is 1.36. The molecule has 0 unspecified atom stereocenters. The van der Waals surface area contributed by atoms with Gasteiger partial charge in [-0.2, -0.15) is 0 Å². The van der Waals surface area contributed by atoms with Gasteiger partial charge in [-0.05, 0) is 5.56 Å². The van der Waals surface area contributed by atoms with Gasteiger partial charge >= 0.3 is 5.97 Å². The summed E-state index contributed by atoms with van der Waals surface area (Å²) in [5.41, 5.74) is 6.15. The molecule has 1 aromatic carbocycles. The van der Waals surface area contributed by atoms with Crippen LogP contribution in [0.15, 0.2) is 30.3 Å². The summed E-state index contributed by atoms with van der Waals surface area (Å²) in [4.78, 5) is 11.3. The number of hydrogen-bond acceptors (Lipinski definition) is 4. The number of esters is 1. The molecular weight excluding hydrogens is 218 g/mol. The first-order chi connectivity index (χ1) is 8.14. The molecule has 2 N–H and O–H groups in total. The molecule has 0 radical (unpaired) electrons. The van der Waals surface area contributed by atoms with E-state index in [2.05, 4.69) is 4.74 Å². The minimum atomic E-state index is -0.837. The van der Waals surface area contributed by atoms with Gasteiger partial charge in [-0.3, -0.25) is 4.79 Å². The largest absolute Gasteiger partial charge is 0.468 e. The van der Waals surface area contributed by atoms with Crippen molar-refractivity contribution in [3.63, 3.8) is 0 Å². The summed E-state index contributed by atoms with van der Waals surface area (Å²) < 4.78 is 10.3. The van der Waals surface area contributed by atoms with E-state index >= 15 is 0 Å². The van der Waals surface area contributed by atoms with Gasteiger partial charge in [0, 0.05) is 12.8 Å². The maximum absolute atomic E-state index is 11.3. The molecule has 1 aromatic rings. The molecule has 4 nitrogen and oxygen atoms in total. The minimum absolute atomic E-state index is 0.0549. The molecule has 1 fully saturated rings. The highest BCUT2D eigenvalue weighted by Crippen LogP contribution is 2.33. The molecule has 0 amide bonds. The van der Waals surface area contributed by atoms with Gasteiger partial charge in [0.1, 0.15) is 5.54 Å². The van der Waals surface area contributed by atoms with Crippen molar-refractivity contribution in [1.29, 1.82) is 0 Å². The molecule has 1 saturated carbocycles. The van der Waals surface area contributed by atoms with Gasteiger partial charge in [-0.25, -0.2) is 0 Å². The lowest BCUT2D eigenvalue weighted by atomic mass is 9.75. The molecule has 4 heteroatoms. The van der Waals surface area contributed by atoms with Crippen molar-refractivity contribution in [3.8, 4) is 0 Å². The fraction of sp³-hybridized carbons (Fsp3) is 0.462. The zero-order valence-electron chi connectivity index (χ0n) is 9.89. The molecule has 0 aromatic heterocycles. The lowest BCUT2D eigenvalue weighted by Gasteiger charge is -2.41. The van der Waals surface area contributed by atoms with Crippen LogP contribution in [-0.4, -0.2) is 24.7 Å². The van der Waals surface area contributed by atoms with Gasteiger partial charge in [-0.1, -0.05) is 30.3 Å².